The first-order valence-electron chi connectivity index (χ1n) is 8.58. The van der Waals surface area contributed by atoms with Gasteiger partial charge in [0.2, 0.25) is 0 Å². The molecule has 0 atom stereocenters. The molecule has 0 spiro atoms. The van der Waals surface area contributed by atoms with Crippen molar-refractivity contribution < 1.29 is 22.4 Å². The van der Waals surface area contributed by atoms with Crippen molar-refractivity contribution in [3.05, 3.63) is 38.2 Å². The lowest BCUT2D eigenvalue weighted by Crippen LogP contribution is -2.15. The highest BCUT2D eigenvalue weighted by molar-refractivity contribution is 7.93. The summed E-state index contributed by atoms with van der Waals surface area (Å²) in [6, 6.07) is 3.07. The summed E-state index contributed by atoms with van der Waals surface area (Å²) in [4.78, 5) is 1.57. The smallest absolute Gasteiger partial charge is 0.263 e. The van der Waals surface area contributed by atoms with E-state index in [0.29, 0.717) is 27.6 Å². The number of hydrogen-bond acceptors (Lipinski definition) is 7. The molecule has 156 valence electrons. The molecule has 10 heteroatoms. The lowest BCUT2D eigenvalue weighted by Gasteiger charge is -2.15. The largest absolute Gasteiger partial charge is 0.497 e. The zero-order valence-corrected chi connectivity index (χ0v) is 19.2. The van der Waals surface area contributed by atoms with E-state index in [1.165, 1.54) is 31.6 Å². The maximum Gasteiger partial charge on any atom is 0.263 e. The number of benzene rings is 1. The summed E-state index contributed by atoms with van der Waals surface area (Å²) < 4.78 is 45.3. The molecule has 0 fully saturated rings. The Morgan fingerprint density at radius 1 is 1.10 bits per heavy atom. The molecule has 0 aliphatic rings. The highest BCUT2D eigenvalue weighted by Crippen LogP contribution is 2.43. The number of rotatable bonds is 6. The molecule has 7 nitrogen and oxygen atoms in total. The van der Waals surface area contributed by atoms with Gasteiger partial charge in [-0.15, -0.1) is 11.3 Å². The Hall–Kier alpha value is -2.23. The second kappa shape index (κ2) is 7.89. The van der Waals surface area contributed by atoms with E-state index in [1.54, 1.807) is 13.0 Å². The van der Waals surface area contributed by atoms with E-state index in [1.807, 2.05) is 20.8 Å². The first-order chi connectivity index (χ1) is 13.6. The van der Waals surface area contributed by atoms with Crippen LogP contribution in [0.3, 0.4) is 0 Å². The first-order valence-corrected chi connectivity index (χ1v) is 11.3. The predicted octanol–water partition coefficient (Wildman–Crippen LogP) is 5.11. The van der Waals surface area contributed by atoms with Crippen molar-refractivity contribution in [2.75, 3.05) is 18.9 Å². The Morgan fingerprint density at radius 3 is 2.34 bits per heavy atom. The fourth-order valence-corrected chi connectivity index (χ4v) is 6.27. The van der Waals surface area contributed by atoms with Gasteiger partial charge in [-0.3, -0.25) is 4.72 Å². The van der Waals surface area contributed by atoms with Crippen LogP contribution in [-0.2, 0) is 10.0 Å². The van der Waals surface area contributed by atoms with E-state index in [9.17, 15) is 8.42 Å². The first kappa shape index (κ1) is 21.5. The highest BCUT2D eigenvalue weighted by Gasteiger charge is 2.31. The average Bonchev–Trinajstić information content (AvgIpc) is 3.14. The van der Waals surface area contributed by atoms with Crippen LogP contribution in [0.1, 0.15) is 21.0 Å². The van der Waals surface area contributed by atoms with E-state index in [2.05, 4.69) is 9.88 Å². The third-order valence-corrected chi connectivity index (χ3v) is 7.55. The minimum atomic E-state index is -4.02. The molecule has 2 heterocycles. The summed E-state index contributed by atoms with van der Waals surface area (Å²) in [6.07, 6.45) is 0. The Balaban J connectivity index is 2.17. The van der Waals surface area contributed by atoms with Crippen molar-refractivity contribution in [3.8, 4) is 22.8 Å². The van der Waals surface area contributed by atoms with Crippen molar-refractivity contribution in [2.24, 2.45) is 0 Å². The molecular formula is C19H21ClN2O5S2. The minimum Gasteiger partial charge on any atom is -0.497 e. The average molecular weight is 457 g/mol. The van der Waals surface area contributed by atoms with Gasteiger partial charge in [-0.25, -0.2) is 8.42 Å². The van der Waals surface area contributed by atoms with Crippen LogP contribution in [-0.4, -0.2) is 27.8 Å². The molecule has 0 saturated heterocycles. The van der Waals surface area contributed by atoms with Gasteiger partial charge in [-0.05, 0) is 27.7 Å². The van der Waals surface area contributed by atoms with E-state index < -0.39 is 10.0 Å². The summed E-state index contributed by atoms with van der Waals surface area (Å²) in [5.41, 5.74) is 2.14. The monoisotopic (exact) mass is 456 g/mol. The van der Waals surface area contributed by atoms with Gasteiger partial charge < -0.3 is 14.0 Å². The summed E-state index contributed by atoms with van der Waals surface area (Å²) in [5, 5.41) is 4.13. The third-order valence-electron chi connectivity index (χ3n) is 4.58. The number of nitrogens with zero attached hydrogens (tertiary/aromatic N) is 1. The van der Waals surface area contributed by atoms with Crippen molar-refractivity contribution in [1.29, 1.82) is 0 Å². The molecule has 0 unspecified atom stereocenters. The topological polar surface area (TPSA) is 90.7 Å². The minimum absolute atomic E-state index is 0.133. The second-order valence-corrected chi connectivity index (χ2v) is 9.89. The van der Waals surface area contributed by atoms with Gasteiger partial charge in [0.1, 0.15) is 22.1 Å². The Bertz CT molecular complexity index is 1180. The van der Waals surface area contributed by atoms with E-state index >= 15 is 0 Å². The van der Waals surface area contributed by atoms with Gasteiger partial charge in [0.15, 0.2) is 5.76 Å². The number of ether oxygens (including phenoxy) is 2. The fourth-order valence-electron chi connectivity index (χ4n) is 3.02. The second-order valence-electron chi connectivity index (χ2n) is 6.43. The number of aromatic nitrogens is 1. The Labute approximate surface area is 178 Å². The Kier molecular flexibility index (Phi) is 5.84. The van der Waals surface area contributed by atoms with Crippen LogP contribution < -0.4 is 14.2 Å². The molecule has 1 N–H and O–H groups in total. The maximum atomic E-state index is 13.4. The molecule has 1 aromatic carbocycles. The van der Waals surface area contributed by atoms with Crippen molar-refractivity contribution in [3.63, 3.8) is 0 Å². The van der Waals surface area contributed by atoms with Crippen LogP contribution in [0.4, 0.5) is 5.69 Å². The lowest BCUT2D eigenvalue weighted by atomic mass is 10.1. The molecular weight excluding hydrogens is 436 g/mol. The SMILES string of the molecule is COc1cc(Cl)c(NS(=O)(=O)c2c(C)sc(C)c2-c2onc(C)c2C)c(OC)c1. The van der Waals surface area contributed by atoms with Crippen LogP contribution in [0.15, 0.2) is 21.6 Å². The molecule has 0 amide bonds. The number of nitrogens with one attached hydrogen (secondary N) is 1. The number of halogens is 1. The molecule has 29 heavy (non-hydrogen) atoms. The van der Waals surface area contributed by atoms with Gasteiger partial charge in [0.25, 0.3) is 10.0 Å². The zero-order valence-electron chi connectivity index (χ0n) is 16.8. The number of hydrogen-bond donors (Lipinski definition) is 1. The number of sulfonamides is 1. The van der Waals surface area contributed by atoms with Gasteiger partial charge >= 0.3 is 0 Å². The van der Waals surface area contributed by atoms with Gasteiger partial charge in [-0.1, -0.05) is 16.8 Å². The van der Waals surface area contributed by atoms with Crippen molar-refractivity contribution in [2.45, 2.75) is 32.6 Å². The van der Waals surface area contributed by atoms with E-state index in [0.717, 1.165) is 10.4 Å². The number of methoxy groups -OCH3 is 2. The van der Waals surface area contributed by atoms with Gasteiger partial charge in [0, 0.05) is 27.5 Å². The molecule has 0 bridgehead atoms. The maximum absolute atomic E-state index is 13.4. The van der Waals surface area contributed by atoms with Crippen LogP contribution in [0.5, 0.6) is 11.5 Å². The summed E-state index contributed by atoms with van der Waals surface area (Å²) in [5.74, 6) is 1.14. The molecule has 0 aliphatic heterocycles. The zero-order chi connectivity index (χ0) is 21.5. The molecule has 2 aromatic heterocycles. The molecule has 3 rings (SSSR count). The Morgan fingerprint density at radius 2 is 1.79 bits per heavy atom. The number of aryl methyl sites for hydroxylation is 3. The summed E-state index contributed by atoms with van der Waals surface area (Å²) in [7, 11) is -1.10. The summed E-state index contributed by atoms with van der Waals surface area (Å²) in [6.45, 7) is 7.26. The number of anilines is 1. The molecule has 0 radical (unpaired) electrons. The van der Waals surface area contributed by atoms with Crippen molar-refractivity contribution in [1.82, 2.24) is 5.16 Å². The van der Waals surface area contributed by atoms with Crippen LogP contribution >= 0.6 is 22.9 Å². The summed E-state index contributed by atoms with van der Waals surface area (Å²) >= 11 is 7.68. The highest BCUT2D eigenvalue weighted by atomic mass is 35.5. The quantitative estimate of drug-likeness (QED) is 0.554. The van der Waals surface area contributed by atoms with E-state index in [4.69, 9.17) is 25.6 Å². The van der Waals surface area contributed by atoms with Crippen LogP contribution in [0.2, 0.25) is 5.02 Å². The van der Waals surface area contributed by atoms with Crippen molar-refractivity contribution >= 4 is 38.6 Å². The third kappa shape index (κ3) is 3.82. The fraction of sp³-hybridized carbons (Fsp3) is 0.316. The van der Waals surface area contributed by atoms with Gasteiger partial charge in [-0.2, -0.15) is 0 Å². The van der Waals surface area contributed by atoms with Crippen LogP contribution in [0, 0.1) is 27.7 Å². The standard InChI is InChI=1S/C19H21ClN2O5S2/c1-9-10(2)21-27-18(9)16-11(3)28-12(4)19(16)29(23,24)22-17-14(20)7-13(25-5)8-15(17)26-6/h7-8,22H,1-6H3. The predicted molar refractivity (Wildman–Crippen MR) is 114 cm³/mol. The normalized spacial score (nSPS) is 11.6. The molecule has 0 aliphatic carbocycles. The molecule has 3 aromatic rings. The van der Waals surface area contributed by atoms with Crippen LogP contribution in [0.25, 0.3) is 11.3 Å². The van der Waals surface area contributed by atoms with E-state index in [-0.39, 0.29) is 21.4 Å². The lowest BCUT2D eigenvalue weighted by molar-refractivity contribution is 0.395. The number of thiophene rings is 1. The van der Waals surface area contributed by atoms with Gasteiger partial charge in [0.05, 0.1) is 30.5 Å². The molecule has 0 saturated carbocycles.